The van der Waals surface area contributed by atoms with Crippen LogP contribution in [0.1, 0.15) is 67.5 Å². The molecule has 0 radical (unpaired) electrons. The summed E-state index contributed by atoms with van der Waals surface area (Å²) in [6.45, 7) is 1.96. The van der Waals surface area contributed by atoms with Crippen molar-refractivity contribution in [3.63, 3.8) is 0 Å². The highest BCUT2D eigenvalue weighted by Gasteiger charge is 2.34. The van der Waals surface area contributed by atoms with Gasteiger partial charge in [0.1, 0.15) is 0 Å². The van der Waals surface area contributed by atoms with E-state index in [9.17, 15) is 4.79 Å². The van der Waals surface area contributed by atoms with E-state index < -0.39 is 0 Å². The number of nitrogens with zero attached hydrogens (tertiary/aromatic N) is 3. The third-order valence-corrected chi connectivity index (χ3v) is 6.14. The van der Waals surface area contributed by atoms with Gasteiger partial charge in [0.25, 0.3) is 5.91 Å². The molecule has 146 valence electrons. The van der Waals surface area contributed by atoms with Crippen molar-refractivity contribution in [3.05, 3.63) is 23.7 Å². The number of nitrogens with one attached hydrogen (secondary N) is 2. The van der Waals surface area contributed by atoms with Crippen LogP contribution in [0.25, 0.3) is 11.3 Å². The number of carbonyl (C=O) groups is 1. The lowest BCUT2D eigenvalue weighted by Gasteiger charge is -2.40. The summed E-state index contributed by atoms with van der Waals surface area (Å²) in [7, 11) is 1.88. The monoisotopic (exact) mass is 371 g/mol. The van der Waals surface area contributed by atoms with E-state index in [2.05, 4.69) is 20.9 Å². The fourth-order valence-corrected chi connectivity index (χ4v) is 4.11. The van der Waals surface area contributed by atoms with Crippen LogP contribution in [0.3, 0.4) is 0 Å². The summed E-state index contributed by atoms with van der Waals surface area (Å²) in [5, 5.41) is 15.1. The summed E-state index contributed by atoms with van der Waals surface area (Å²) in [4.78, 5) is 12.6. The summed E-state index contributed by atoms with van der Waals surface area (Å²) in [6, 6.07) is 2.86. The van der Waals surface area contributed by atoms with Gasteiger partial charge >= 0.3 is 0 Å². The van der Waals surface area contributed by atoms with Crippen molar-refractivity contribution >= 4 is 5.91 Å². The molecule has 0 aliphatic heterocycles. The Kier molecular flexibility index (Phi) is 5.29. The van der Waals surface area contributed by atoms with Gasteiger partial charge < -0.3 is 15.2 Å². The first-order valence-electron chi connectivity index (χ1n) is 10.1. The Morgan fingerprint density at radius 1 is 1.15 bits per heavy atom. The fraction of sp³-hybridized carbons (Fsp3) is 0.650. The lowest BCUT2D eigenvalue weighted by atomic mass is 9.85. The molecule has 7 heteroatoms. The van der Waals surface area contributed by atoms with Gasteiger partial charge in [-0.05, 0) is 32.6 Å². The van der Waals surface area contributed by atoms with Crippen molar-refractivity contribution in [3.8, 4) is 11.3 Å². The van der Waals surface area contributed by atoms with Crippen LogP contribution in [0, 0.1) is 6.92 Å². The highest BCUT2D eigenvalue weighted by Crippen LogP contribution is 2.26. The van der Waals surface area contributed by atoms with E-state index in [1.807, 2.05) is 14.0 Å². The predicted molar refractivity (Wildman–Crippen MR) is 102 cm³/mol. The van der Waals surface area contributed by atoms with E-state index in [0.717, 1.165) is 24.1 Å². The Labute approximate surface area is 159 Å². The van der Waals surface area contributed by atoms with Crippen LogP contribution >= 0.6 is 0 Å². The minimum Gasteiger partial charge on any atom is -0.355 e. The topological polar surface area (TPSA) is 85.0 Å². The molecule has 2 unspecified atom stereocenters. The average Bonchev–Trinajstić information content (AvgIpc) is 3.16. The van der Waals surface area contributed by atoms with E-state index in [0.29, 0.717) is 23.5 Å². The molecule has 2 aliphatic carbocycles. The van der Waals surface area contributed by atoms with Crippen LogP contribution in [0.15, 0.2) is 16.8 Å². The summed E-state index contributed by atoms with van der Waals surface area (Å²) < 4.78 is 7.16. The number of aryl methyl sites for hydroxylation is 1. The second-order valence-electron chi connectivity index (χ2n) is 7.96. The van der Waals surface area contributed by atoms with Gasteiger partial charge in [-0.15, -0.1) is 0 Å². The van der Waals surface area contributed by atoms with Crippen molar-refractivity contribution in [2.45, 2.75) is 76.4 Å². The average molecular weight is 371 g/mol. The first kappa shape index (κ1) is 18.2. The minimum atomic E-state index is -0.163. The third kappa shape index (κ3) is 3.93. The van der Waals surface area contributed by atoms with Gasteiger partial charge in [0.15, 0.2) is 11.5 Å². The molecule has 2 aromatic rings. The van der Waals surface area contributed by atoms with Gasteiger partial charge in [0, 0.05) is 36.9 Å². The molecule has 27 heavy (non-hydrogen) atoms. The van der Waals surface area contributed by atoms with E-state index in [1.54, 1.807) is 16.9 Å². The Morgan fingerprint density at radius 2 is 1.89 bits per heavy atom. The smallest absolute Gasteiger partial charge is 0.273 e. The molecule has 1 amide bonds. The Bertz CT molecular complexity index is 788. The maximum atomic E-state index is 12.6. The van der Waals surface area contributed by atoms with E-state index >= 15 is 0 Å². The van der Waals surface area contributed by atoms with Crippen molar-refractivity contribution in [2.24, 2.45) is 7.05 Å². The first-order chi connectivity index (χ1) is 13.1. The summed E-state index contributed by atoms with van der Waals surface area (Å²) >= 11 is 0. The number of amides is 1. The maximum absolute atomic E-state index is 12.6. The van der Waals surface area contributed by atoms with Gasteiger partial charge in [-0.2, -0.15) is 5.10 Å². The molecule has 7 nitrogen and oxygen atoms in total. The fourth-order valence-electron chi connectivity index (χ4n) is 4.11. The Morgan fingerprint density at radius 3 is 2.52 bits per heavy atom. The molecule has 2 saturated carbocycles. The third-order valence-electron chi connectivity index (χ3n) is 6.14. The van der Waals surface area contributed by atoms with Crippen molar-refractivity contribution in [1.29, 1.82) is 0 Å². The van der Waals surface area contributed by atoms with Gasteiger partial charge in [0.05, 0.1) is 11.8 Å². The first-order valence-corrected chi connectivity index (χ1v) is 10.1. The van der Waals surface area contributed by atoms with Crippen LogP contribution in [0.4, 0.5) is 0 Å². The second kappa shape index (κ2) is 7.84. The normalized spacial score (nSPS) is 23.6. The molecular weight excluding hydrogens is 342 g/mol. The molecule has 2 heterocycles. The van der Waals surface area contributed by atoms with Gasteiger partial charge in [-0.3, -0.25) is 9.48 Å². The standard InChI is InChI=1S/C20H29N5O2/c1-13-15(12-21-25(13)2)19-11-18(24-27-19)20(26)23-17-10-9-16(17)22-14-7-5-3-4-6-8-14/h11-12,14,16-17,22H,3-10H2,1-2H3,(H,23,26). The second-order valence-corrected chi connectivity index (χ2v) is 7.96. The summed E-state index contributed by atoms with van der Waals surface area (Å²) in [5.41, 5.74) is 2.17. The van der Waals surface area contributed by atoms with Crippen LogP contribution < -0.4 is 10.6 Å². The SMILES string of the molecule is Cc1c(-c2cc(C(=O)NC3CCC3NC3CCCCCC3)no2)cnn1C. The predicted octanol–water partition coefficient (Wildman–Crippen LogP) is 2.96. The maximum Gasteiger partial charge on any atom is 0.273 e. The highest BCUT2D eigenvalue weighted by molar-refractivity contribution is 5.93. The quantitative estimate of drug-likeness (QED) is 0.790. The van der Waals surface area contributed by atoms with Gasteiger partial charge in [-0.1, -0.05) is 30.8 Å². The number of hydrogen-bond donors (Lipinski definition) is 2. The van der Waals surface area contributed by atoms with E-state index in [1.165, 1.54) is 38.5 Å². The van der Waals surface area contributed by atoms with Crippen LogP contribution in [-0.2, 0) is 7.05 Å². The van der Waals surface area contributed by atoms with Crippen LogP contribution in [0.2, 0.25) is 0 Å². The molecule has 2 N–H and O–H groups in total. The van der Waals surface area contributed by atoms with Gasteiger partial charge in [0.2, 0.25) is 0 Å². The lowest BCUT2D eigenvalue weighted by Crippen LogP contribution is -2.58. The summed E-state index contributed by atoms with van der Waals surface area (Å²) in [5.74, 6) is 0.413. The molecule has 2 aromatic heterocycles. The molecule has 0 bridgehead atoms. The molecule has 2 fully saturated rings. The zero-order valence-corrected chi connectivity index (χ0v) is 16.2. The molecule has 0 aromatic carbocycles. The molecule has 0 saturated heterocycles. The molecule has 0 spiro atoms. The minimum absolute atomic E-state index is 0.163. The number of aromatic nitrogens is 3. The largest absolute Gasteiger partial charge is 0.355 e. The van der Waals surface area contributed by atoms with Crippen LogP contribution in [-0.4, -0.2) is 39.0 Å². The Balaban J connectivity index is 1.34. The number of rotatable bonds is 5. The van der Waals surface area contributed by atoms with E-state index in [4.69, 9.17) is 4.52 Å². The van der Waals surface area contributed by atoms with Crippen molar-refractivity contribution in [1.82, 2.24) is 25.6 Å². The van der Waals surface area contributed by atoms with Crippen molar-refractivity contribution in [2.75, 3.05) is 0 Å². The number of hydrogen-bond acceptors (Lipinski definition) is 5. The van der Waals surface area contributed by atoms with Gasteiger partial charge in [-0.25, -0.2) is 0 Å². The highest BCUT2D eigenvalue weighted by atomic mass is 16.5. The molecule has 2 atom stereocenters. The van der Waals surface area contributed by atoms with Crippen LogP contribution in [0.5, 0.6) is 0 Å². The lowest BCUT2D eigenvalue weighted by molar-refractivity contribution is 0.0878. The Hall–Kier alpha value is -2.15. The number of carbonyl (C=O) groups excluding carboxylic acids is 1. The summed E-state index contributed by atoms with van der Waals surface area (Å²) in [6.07, 6.45) is 11.7. The zero-order chi connectivity index (χ0) is 18.8. The molecule has 4 rings (SSSR count). The van der Waals surface area contributed by atoms with E-state index in [-0.39, 0.29) is 11.9 Å². The molecular formula is C20H29N5O2. The van der Waals surface area contributed by atoms with Crippen molar-refractivity contribution < 1.29 is 9.32 Å². The molecule has 2 aliphatic rings. The zero-order valence-electron chi connectivity index (χ0n) is 16.2.